The van der Waals surface area contributed by atoms with Crippen LogP contribution in [0.4, 0.5) is 14.5 Å². The molecule has 0 heterocycles. The zero-order valence-electron chi connectivity index (χ0n) is 9.90. The summed E-state index contributed by atoms with van der Waals surface area (Å²) in [7, 11) is 0. The van der Waals surface area contributed by atoms with E-state index in [1.807, 2.05) is 0 Å². The lowest BCUT2D eigenvalue weighted by molar-refractivity contribution is -0.113. The molecule has 98 valence electrons. The largest absolute Gasteiger partial charge is 0.323 e. The van der Waals surface area contributed by atoms with Crippen molar-refractivity contribution in [2.24, 2.45) is 0 Å². The van der Waals surface area contributed by atoms with Crippen molar-refractivity contribution in [3.8, 4) is 0 Å². The third-order valence-corrected chi connectivity index (χ3v) is 3.39. The van der Waals surface area contributed by atoms with E-state index in [0.717, 1.165) is 11.8 Å². The van der Waals surface area contributed by atoms with E-state index >= 15 is 0 Å². The van der Waals surface area contributed by atoms with Crippen LogP contribution < -0.4 is 5.32 Å². The van der Waals surface area contributed by atoms with E-state index in [1.54, 1.807) is 30.3 Å². The summed E-state index contributed by atoms with van der Waals surface area (Å²) in [4.78, 5) is 12.0. The Kier molecular flexibility index (Phi) is 4.52. The Morgan fingerprint density at radius 2 is 1.63 bits per heavy atom. The topological polar surface area (TPSA) is 29.1 Å². The summed E-state index contributed by atoms with van der Waals surface area (Å²) in [6, 6.07) is 12.1. The number of benzene rings is 2. The first-order valence-electron chi connectivity index (χ1n) is 5.58. The van der Waals surface area contributed by atoms with E-state index in [9.17, 15) is 13.6 Å². The van der Waals surface area contributed by atoms with E-state index in [2.05, 4.69) is 5.32 Å². The predicted molar refractivity (Wildman–Crippen MR) is 72.2 cm³/mol. The minimum Gasteiger partial charge on any atom is -0.323 e. The fourth-order valence-electron chi connectivity index (χ4n) is 1.45. The Labute approximate surface area is 113 Å². The Hall–Kier alpha value is -1.88. The van der Waals surface area contributed by atoms with Gasteiger partial charge in [0.2, 0.25) is 5.91 Å². The lowest BCUT2D eigenvalue weighted by Gasteiger charge is -2.06. The molecule has 0 aliphatic heterocycles. The van der Waals surface area contributed by atoms with Gasteiger partial charge in [0.25, 0.3) is 0 Å². The summed E-state index contributed by atoms with van der Waals surface area (Å²) >= 11 is 1.07. The molecule has 0 radical (unpaired) electrons. The van der Waals surface area contributed by atoms with Crippen LogP contribution in [0, 0.1) is 11.6 Å². The number of nitrogens with one attached hydrogen (secondary N) is 1. The number of carbonyl (C=O) groups is 1. The average molecular weight is 279 g/mol. The van der Waals surface area contributed by atoms with Gasteiger partial charge in [-0.05, 0) is 24.3 Å². The van der Waals surface area contributed by atoms with Gasteiger partial charge in [0.1, 0.15) is 11.6 Å². The molecule has 0 aromatic heterocycles. The second-order valence-corrected chi connectivity index (χ2v) is 4.76. The molecule has 0 spiro atoms. The van der Waals surface area contributed by atoms with E-state index in [0.29, 0.717) is 4.90 Å². The van der Waals surface area contributed by atoms with Gasteiger partial charge in [-0.1, -0.05) is 24.3 Å². The quantitative estimate of drug-likeness (QED) is 0.865. The highest BCUT2D eigenvalue weighted by Gasteiger charge is 2.08. The molecule has 19 heavy (non-hydrogen) atoms. The molecule has 0 bridgehead atoms. The fourth-order valence-corrected chi connectivity index (χ4v) is 2.19. The molecule has 2 aromatic carbocycles. The lowest BCUT2D eigenvalue weighted by atomic mass is 10.3. The summed E-state index contributed by atoms with van der Waals surface area (Å²) < 4.78 is 26.6. The average Bonchev–Trinajstić information content (AvgIpc) is 2.40. The highest BCUT2D eigenvalue weighted by Crippen LogP contribution is 2.21. The molecule has 1 amide bonds. The number of hydrogen-bond donors (Lipinski definition) is 1. The number of para-hydroxylation sites is 1. The van der Waals surface area contributed by atoms with Crippen LogP contribution in [0.15, 0.2) is 53.4 Å². The minimum absolute atomic E-state index is 0.0231. The summed E-state index contributed by atoms with van der Waals surface area (Å²) in [5, 5.41) is 2.44. The van der Waals surface area contributed by atoms with Crippen LogP contribution >= 0.6 is 11.8 Å². The fraction of sp³-hybridized carbons (Fsp3) is 0.0714. The maximum Gasteiger partial charge on any atom is 0.234 e. The molecule has 0 fully saturated rings. The molecular formula is C14H11F2NOS. The van der Waals surface area contributed by atoms with Crippen molar-refractivity contribution in [1.29, 1.82) is 0 Å². The van der Waals surface area contributed by atoms with Crippen LogP contribution in [0.1, 0.15) is 0 Å². The van der Waals surface area contributed by atoms with Gasteiger partial charge in [-0.2, -0.15) is 0 Å². The molecule has 2 nitrogen and oxygen atoms in total. The highest BCUT2D eigenvalue weighted by atomic mass is 32.2. The number of anilines is 1. The maximum absolute atomic E-state index is 13.3. The maximum atomic E-state index is 13.3. The van der Waals surface area contributed by atoms with Crippen LogP contribution in [-0.4, -0.2) is 11.7 Å². The first-order valence-corrected chi connectivity index (χ1v) is 6.57. The molecule has 0 atom stereocenters. The minimum atomic E-state index is -0.494. The summed E-state index contributed by atoms with van der Waals surface area (Å²) in [5.41, 5.74) is 0.127. The summed E-state index contributed by atoms with van der Waals surface area (Å²) in [6.07, 6.45) is 0. The normalized spacial score (nSPS) is 10.2. The number of thioether (sulfide) groups is 1. The first kappa shape index (κ1) is 13.5. The number of carbonyl (C=O) groups excluding carboxylic acids is 1. The highest BCUT2D eigenvalue weighted by molar-refractivity contribution is 8.00. The van der Waals surface area contributed by atoms with Gasteiger partial charge in [0.15, 0.2) is 0 Å². The molecule has 0 unspecified atom stereocenters. The van der Waals surface area contributed by atoms with E-state index in [-0.39, 0.29) is 23.2 Å². The van der Waals surface area contributed by atoms with Crippen LogP contribution in [0.5, 0.6) is 0 Å². The van der Waals surface area contributed by atoms with Crippen LogP contribution in [0.3, 0.4) is 0 Å². The van der Waals surface area contributed by atoms with Crippen molar-refractivity contribution in [3.05, 3.63) is 60.2 Å². The molecule has 0 aliphatic rings. The van der Waals surface area contributed by atoms with Crippen molar-refractivity contribution in [2.75, 3.05) is 11.1 Å². The van der Waals surface area contributed by atoms with Gasteiger partial charge in [0.05, 0.1) is 11.4 Å². The second-order valence-electron chi connectivity index (χ2n) is 3.75. The molecule has 0 saturated carbocycles. The second kappa shape index (κ2) is 6.33. The third-order valence-electron chi connectivity index (χ3n) is 2.34. The van der Waals surface area contributed by atoms with Crippen LogP contribution in [-0.2, 0) is 4.79 Å². The molecule has 1 N–H and O–H groups in total. The zero-order chi connectivity index (χ0) is 13.7. The van der Waals surface area contributed by atoms with Crippen molar-refractivity contribution >= 4 is 23.4 Å². The van der Waals surface area contributed by atoms with E-state index < -0.39 is 5.82 Å². The Morgan fingerprint density at radius 3 is 2.32 bits per heavy atom. The van der Waals surface area contributed by atoms with Gasteiger partial charge < -0.3 is 5.32 Å². The van der Waals surface area contributed by atoms with Crippen LogP contribution in [0.25, 0.3) is 0 Å². The smallest absolute Gasteiger partial charge is 0.234 e. The standard InChI is InChI=1S/C14H11F2NOS/c15-10-5-1-3-7-12(10)17-14(18)9-19-13-8-4-2-6-11(13)16/h1-8H,9H2,(H,17,18). The predicted octanol–water partition coefficient (Wildman–Crippen LogP) is 3.70. The summed E-state index contributed by atoms with van der Waals surface area (Å²) in [5.74, 6) is -1.22. The number of halogens is 2. The van der Waals surface area contributed by atoms with Crippen LogP contribution in [0.2, 0.25) is 0 Å². The van der Waals surface area contributed by atoms with Gasteiger partial charge in [-0.25, -0.2) is 8.78 Å². The molecular weight excluding hydrogens is 268 g/mol. The molecule has 0 saturated heterocycles. The molecule has 5 heteroatoms. The SMILES string of the molecule is O=C(CSc1ccccc1F)Nc1ccccc1F. The molecule has 2 aromatic rings. The third kappa shape index (κ3) is 3.79. The Bertz CT molecular complexity index is 589. The lowest BCUT2D eigenvalue weighted by Crippen LogP contribution is -2.15. The van der Waals surface area contributed by atoms with Gasteiger partial charge in [-0.3, -0.25) is 4.79 Å². The van der Waals surface area contributed by atoms with Crippen molar-refractivity contribution in [1.82, 2.24) is 0 Å². The first-order chi connectivity index (χ1) is 9.16. The monoisotopic (exact) mass is 279 g/mol. The van der Waals surface area contributed by atoms with Crippen molar-refractivity contribution < 1.29 is 13.6 Å². The van der Waals surface area contributed by atoms with Gasteiger partial charge in [0, 0.05) is 4.90 Å². The molecule has 2 rings (SSSR count). The number of amides is 1. The van der Waals surface area contributed by atoms with E-state index in [1.165, 1.54) is 18.2 Å². The summed E-state index contributed by atoms with van der Waals surface area (Å²) in [6.45, 7) is 0. The van der Waals surface area contributed by atoms with Crippen molar-refractivity contribution in [3.63, 3.8) is 0 Å². The Morgan fingerprint density at radius 1 is 1.00 bits per heavy atom. The van der Waals surface area contributed by atoms with Crippen molar-refractivity contribution in [2.45, 2.75) is 4.90 Å². The van der Waals surface area contributed by atoms with E-state index in [4.69, 9.17) is 0 Å². The number of hydrogen-bond acceptors (Lipinski definition) is 2. The Balaban J connectivity index is 1.92. The number of rotatable bonds is 4. The molecule has 0 aliphatic carbocycles. The zero-order valence-corrected chi connectivity index (χ0v) is 10.7. The van der Waals surface area contributed by atoms with Gasteiger partial charge >= 0.3 is 0 Å². The van der Waals surface area contributed by atoms with Gasteiger partial charge in [-0.15, -0.1) is 11.8 Å².